The van der Waals surface area contributed by atoms with Gasteiger partial charge in [0, 0.05) is 12.1 Å². The minimum absolute atomic E-state index is 0.122. The van der Waals surface area contributed by atoms with Crippen molar-refractivity contribution in [1.82, 2.24) is 5.32 Å². The van der Waals surface area contributed by atoms with Crippen molar-refractivity contribution in [2.45, 2.75) is 39.3 Å². The first kappa shape index (κ1) is 8.92. The Bertz CT molecular complexity index is 73.5. The molecule has 0 aromatic rings. The first-order chi connectivity index (χ1) is 3.92. The third-order valence-corrected chi connectivity index (χ3v) is 0.928. The summed E-state index contributed by atoms with van der Waals surface area (Å²) < 4.78 is 0. The van der Waals surface area contributed by atoms with Crippen molar-refractivity contribution in [1.29, 1.82) is 0 Å². The third kappa shape index (κ3) is 7.92. The van der Waals surface area contributed by atoms with Gasteiger partial charge in [-0.25, -0.2) is 0 Å². The number of aliphatic hydroxyl groups excluding tert-OH is 1. The smallest absolute Gasteiger partial charge is 0.0636 e. The highest BCUT2D eigenvalue weighted by atomic mass is 16.3. The molecule has 0 heterocycles. The fourth-order valence-corrected chi connectivity index (χ4v) is 0.454. The van der Waals surface area contributed by atoms with Crippen LogP contribution in [0.2, 0.25) is 0 Å². The van der Waals surface area contributed by atoms with Crippen LogP contribution in [0.4, 0.5) is 0 Å². The van der Waals surface area contributed by atoms with Gasteiger partial charge in [-0.15, -0.1) is 0 Å². The predicted molar refractivity (Wildman–Crippen MR) is 39.4 cm³/mol. The van der Waals surface area contributed by atoms with Crippen molar-refractivity contribution in [2.75, 3.05) is 6.54 Å². The van der Waals surface area contributed by atoms with Gasteiger partial charge in [0.2, 0.25) is 0 Å². The van der Waals surface area contributed by atoms with Crippen LogP contribution in [0.1, 0.15) is 27.7 Å². The van der Waals surface area contributed by atoms with E-state index in [1.807, 2.05) is 0 Å². The molecule has 0 saturated heterocycles. The first-order valence-electron chi connectivity index (χ1n) is 3.35. The Kier molecular flexibility index (Phi) is 3.15. The summed E-state index contributed by atoms with van der Waals surface area (Å²) in [6, 6.07) is 0. The Morgan fingerprint density at radius 3 is 2.00 bits per heavy atom. The highest BCUT2D eigenvalue weighted by Gasteiger charge is 2.08. The number of nitrogens with one attached hydrogen (secondary N) is 1. The van der Waals surface area contributed by atoms with Crippen LogP contribution >= 0.6 is 0 Å². The summed E-state index contributed by atoms with van der Waals surface area (Å²) in [5.41, 5.74) is 0.122. The summed E-state index contributed by atoms with van der Waals surface area (Å²) in [6.45, 7) is 8.68. The van der Waals surface area contributed by atoms with E-state index in [-0.39, 0.29) is 11.6 Å². The zero-order valence-corrected chi connectivity index (χ0v) is 6.73. The van der Waals surface area contributed by atoms with E-state index in [0.29, 0.717) is 6.54 Å². The lowest BCUT2D eigenvalue weighted by molar-refractivity contribution is 0.179. The molecule has 2 nitrogen and oxygen atoms in total. The predicted octanol–water partition coefficient (Wildman–Crippen LogP) is 0.755. The van der Waals surface area contributed by atoms with Gasteiger partial charge in [-0.05, 0) is 27.7 Å². The van der Waals surface area contributed by atoms with Crippen LogP contribution in [0.25, 0.3) is 0 Å². The van der Waals surface area contributed by atoms with Crippen molar-refractivity contribution in [2.24, 2.45) is 0 Å². The van der Waals surface area contributed by atoms with Crippen molar-refractivity contribution in [3.63, 3.8) is 0 Å². The van der Waals surface area contributed by atoms with E-state index < -0.39 is 0 Å². The van der Waals surface area contributed by atoms with Crippen LogP contribution in [0.3, 0.4) is 0 Å². The molecule has 56 valence electrons. The lowest BCUT2D eigenvalue weighted by Crippen LogP contribution is -2.39. The second-order valence-electron chi connectivity index (χ2n) is 3.48. The van der Waals surface area contributed by atoms with Crippen LogP contribution in [-0.2, 0) is 0 Å². The second kappa shape index (κ2) is 3.18. The topological polar surface area (TPSA) is 32.3 Å². The largest absolute Gasteiger partial charge is 0.392 e. The van der Waals surface area contributed by atoms with Gasteiger partial charge in [-0.3, -0.25) is 0 Å². The van der Waals surface area contributed by atoms with E-state index in [1.54, 1.807) is 6.92 Å². The normalized spacial score (nSPS) is 15.7. The Balaban J connectivity index is 3.28. The quantitative estimate of drug-likeness (QED) is 0.579. The molecule has 0 aliphatic heterocycles. The molecule has 0 aliphatic carbocycles. The molecule has 0 spiro atoms. The average Bonchev–Trinajstić information content (AvgIpc) is 1.59. The summed E-state index contributed by atoms with van der Waals surface area (Å²) in [5.74, 6) is 0. The fourth-order valence-electron chi connectivity index (χ4n) is 0.454. The number of hydrogen-bond acceptors (Lipinski definition) is 2. The molecule has 0 saturated carbocycles. The molecule has 0 aromatic carbocycles. The summed E-state index contributed by atoms with van der Waals surface area (Å²) in [7, 11) is 0. The highest BCUT2D eigenvalue weighted by molar-refractivity contribution is 4.70. The van der Waals surface area contributed by atoms with Crippen LogP contribution in [0.5, 0.6) is 0 Å². The molecule has 2 heteroatoms. The maximum Gasteiger partial charge on any atom is 0.0636 e. The Morgan fingerprint density at radius 1 is 1.44 bits per heavy atom. The summed E-state index contributed by atoms with van der Waals surface area (Å²) >= 11 is 0. The zero-order valence-electron chi connectivity index (χ0n) is 6.73. The Hall–Kier alpha value is -0.0800. The number of β-amino-alcohol motifs (C(OH)–C–C–N with tert-alkyl or cyclic N) is 1. The molecular formula is C7H17NO. The van der Waals surface area contributed by atoms with E-state index in [2.05, 4.69) is 26.1 Å². The Morgan fingerprint density at radius 2 is 1.89 bits per heavy atom. The van der Waals surface area contributed by atoms with E-state index in [4.69, 9.17) is 5.11 Å². The minimum atomic E-state index is -0.246. The Labute approximate surface area is 57.3 Å². The average molecular weight is 131 g/mol. The van der Waals surface area contributed by atoms with Gasteiger partial charge in [0.15, 0.2) is 0 Å². The van der Waals surface area contributed by atoms with Gasteiger partial charge in [0.25, 0.3) is 0 Å². The number of rotatable bonds is 2. The number of hydrogen-bond donors (Lipinski definition) is 2. The molecule has 0 amide bonds. The van der Waals surface area contributed by atoms with E-state index >= 15 is 0 Å². The van der Waals surface area contributed by atoms with Gasteiger partial charge < -0.3 is 10.4 Å². The third-order valence-electron chi connectivity index (χ3n) is 0.928. The standard InChI is InChI=1S/C7H17NO/c1-6(9)5-8-7(2,3)4/h6,8-9H,5H2,1-4H3/t6-/m1/s1. The van der Waals surface area contributed by atoms with Crippen LogP contribution in [0, 0.1) is 0 Å². The van der Waals surface area contributed by atoms with Crippen molar-refractivity contribution >= 4 is 0 Å². The first-order valence-corrected chi connectivity index (χ1v) is 3.35. The highest BCUT2D eigenvalue weighted by Crippen LogP contribution is 1.97. The molecule has 1 atom stereocenters. The SMILES string of the molecule is C[C@@H](O)CNC(C)(C)C. The van der Waals surface area contributed by atoms with E-state index in [9.17, 15) is 0 Å². The molecule has 0 bridgehead atoms. The molecule has 0 unspecified atom stereocenters. The van der Waals surface area contributed by atoms with Gasteiger partial charge in [0.05, 0.1) is 6.10 Å². The van der Waals surface area contributed by atoms with Crippen LogP contribution in [-0.4, -0.2) is 23.3 Å². The summed E-state index contributed by atoms with van der Waals surface area (Å²) in [4.78, 5) is 0. The molecule has 0 rings (SSSR count). The summed E-state index contributed by atoms with van der Waals surface area (Å²) in [5, 5.41) is 12.0. The van der Waals surface area contributed by atoms with E-state index in [0.717, 1.165) is 0 Å². The molecule has 0 aliphatic rings. The van der Waals surface area contributed by atoms with Crippen LogP contribution in [0.15, 0.2) is 0 Å². The maximum atomic E-state index is 8.85. The molecule has 0 fully saturated rings. The minimum Gasteiger partial charge on any atom is -0.392 e. The lowest BCUT2D eigenvalue weighted by Gasteiger charge is -2.21. The molecule has 9 heavy (non-hydrogen) atoms. The fraction of sp³-hybridized carbons (Fsp3) is 1.00. The van der Waals surface area contributed by atoms with Gasteiger partial charge in [0.1, 0.15) is 0 Å². The molecule has 0 aromatic heterocycles. The van der Waals surface area contributed by atoms with Gasteiger partial charge >= 0.3 is 0 Å². The van der Waals surface area contributed by atoms with Gasteiger partial charge in [-0.2, -0.15) is 0 Å². The molecule has 0 radical (unpaired) electrons. The van der Waals surface area contributed by atoms with Crippen molar-refractivity contribution in [3.8, 4) is 0 Å². The molecule has 2 N–H and O–H groups in total. The molecular weight excluding hydrogens is 114 g/mol. The summed E-state index contributed by atoms with van der Waals surface area (Å²) in [6.07, 6.45) is -0.246. The lowest BCUT2D eigenvalue weighted by atomic mass is 10.1. The van der Waals surface area contributed by atoms with Crippen LogP contribution < -0.4 is 5.32 Å². The monoisotopic (exact) mass is 131 g/mol. The van der Waals surface area contributed by atoms with Crippen molar-refractivity contribution in [3.05, 3.63) is 0 Å². The van der Waals surface area contributed by atoms with Crippen molar-refractivity contribution < 1.29 is 5.11 Å². The number of aliphatic hydroxyl groups is 1. The second-order valence-corrected chi connectivity index (χ2v) is 3.48. The van der Waals surface area contributed by atoms with E-state index in [1.165, 1.54) is 0 Å². The maximum absolute atomic E-state index is 8.85. The zero-order chi connectivity index (χ0) is 7.49. The van der Waals surface area contributed by atoms with Gasteiger partial charge in [-0.1, -0.05) is 0 Å².